The SMILES string of the molecule is COCCCN(C)Cc1cc(Br)ccc1OC. The molecule has 17 heavy (non-hydrogen) atoms. The van der Waals surface area contributed by atoms with E-state index in [1.807, 2.05) is 12.1 Å². The van der Waals surface area contributed by atoms with E-state index in [9.17, 15) is 0 Å². The van der Waals surface area contributed by atoms with Gasteiger partial charge in [-0.1, -0.05) is 15.9 Å². The molecular formula is C13H20BrNO2. The van der Waals surface area contributed by atoms with Crippen LogP contribution in [-0.4, -0.2) is 39.3 Å². The third-order valence-corrected chi connectivity index (χ3v) is 3.06. The van der Waals surface area contributed by atoms with Gasteiger partial charge in [-0.05, 0) is 31.7 Å². The first-order valence-corrected chi connectivity index (χ1v) is 6.46. The van der Waals surface area contributed by atoms with Crippen LogP contribution in [0, 0.1) is 0 Å². The first kappa shape index (κ1) is 14.5. The average molecular weight is 302 g/mol. The van der Waals surface area contributed by atoms with E-state index in [0.717, 1.165) is 36.3 Å². The quantitative estimate of drug-likeness (QED) is 0.723. The Morgan fingerprint density at radius 3 is 2.71 bits per heavy atom. The molecule has 1 rings (SSSR count). The number of methoxy groups -OCH3 is 2. The Hall–Kier alpha value is -0.580. The number of halogens is 1. The van der Waals surface area contributed by atoms with Gasteiger partial charge in [0.05, 0.1) is 7.11 Å². The van der Waals surface area contributed by atoms with Crippen LogP contribution in [-0.2, 0) is 11.3 Å². The van der Waals surface area contributed by atoms with E-state index in [4.69, 9.17) is 9.47 Å². The van der Waals surface area contributed by atoms with Crippen molar-refractivity contribution < 1.29 is 9.47 Å². The zero-order valence-corrected chi connectivity index (χ0v) is 12.3. The van der Waals surface area contributed by atoms with Gasteiger partial charge in [0.2, 0.25) is 0 Å². The molecule has 0 saturated heterocycles. The highest BCUT2D eigenvalue weighted by Crippen LogP contribution is 2.23. The summed E-state index contributed by atoms with van der Waals surface area (Å²) in [6, 6.07) is 6.08. The number of ether oxygens (including phenoxy) is 2. The minimum absolute atomic E-state index is 0.806. The lowest BCUT2D eigenvalue weighted by Crippen LogP contribution is -2.20. The summed E-state index contributed by atoms with van der Waals surface area (Å²) in [4.78, 5) is 2.27. The molecule has 1 aromatic carbocycles. The lowest BCUT2D eigenvalue weighted by Gasteiger charge is -2.18. The fourth-order valence-corrected chi connectivity index (χ4v) is 2.13. The molecule has 0 spiro atoms. The second kappa shape index (κ2) is 7.69. The van der Waals surface area contributed by atoms with Crippen molar-refractivity contribution in [3.63, 3.8) is 0 Å². The van der Waals surface area contributed by atoms with Gasteiger partial charge in [-0.3, -0.25) is 0 Å². The summed E-state index contributed by atoms with van der Waals surface area (Å²) in [6.07, 6.45) is 1.04. The summed E-state index contributed by atoms with van der Waals surface area (Å²) in [7, 11) is 5.55. The highest BCUT2D eigenvalue weighted by atomic mass is 79.9. The van der Waals surface area contributed by atoms with Crippen molar-refractivity contribution in [2.24, 2.45) is 0 Å². The molecule has 4 heteroatoms. The maximum absolute atomic E-state index is 5.35. The molecule has 0 aliphatic carbocycles. The van der Waals surface area contributed by atoms with Gasteiger partial charge < -0.3 is 14.4 Å². The van der Waals surface area contributed by atoms with E-state index in [1.54, 1.807) is 14.2 Å². The zero-order chi connectivity index (χ0) is 12.7. The van der Waals surface area contributed by atoms with Gasteiger partial charge in [0.15, 0.2) is 0 Å². The van der Waals surface area contributed by atoms with Gasteiger partial charge in [0, 0.05) is 36.8 Å². The van der Waals surface area contributed by atoms with Crippen LogP contribution in [0.25, 0.3) is 0 Å². The van der Waals surface area contributed by atoms with E-state index in [2.05, 4.69) is 33.9 Å². The summed E-state index contributed by atoms with van der Waals surface area (Å²) in [5.41, 5.74) is 1.20. The molecular weight excluding hydrogens is 282 g/mol. The fourth-order valence-electron chi connectivity index (χ4n) is 1.72. The van der Waals surface area contributed by atoms with Gasteiger partial charge in [0.1, 0.15) is 5.75 Å². The van der Waals surface area contributed by atoms with E-state index in [-0.39, 0.29) is 0 Å². The van der Waals surface area contributed by atoms with Gasteiger partial charge >= 0.3 is 0 Å². The van der Waals surface area contributed by atoms with Crippen molar-refractivity contribution in [1.29, 1.82) is 0 Å². The summed E-state index contributed by atoms with van der Waals surface area (Å²) >= 11 is 3.49. The summed E-state index contributed by atoms with van der Waals surface area (Å²) in [5.74, 6) is 0.937. The van der Waals surface area contributed by atoms with Crippen molar-refractivity contribution >= 4 is 15.9 Å². The molecule has 0 bridgehead atoms. The highest BCUT2D eigenvalue weighted by molar-refractivity contribution is 9.10. The topological polar surface area (TPSA) is 21.7 Å². The summed E-state index contributed by atoms with van der Waals surface area (Å²) in [5, 5.41) is 0. The number of rotatable bonds is 7. The largest absolute Gasteiger partial charge is 0.496 e. The number of nitrogens with zero attached hydrogens (tertiary/aromatic N) is 1. The van der Waals surface area contributed by atoms with Gasteiger partial charge in [0.25, 0.3) is 0 Å². The maximum Gasteiger partial charge on any atom is 0.123 e. The molecule has 0 atom stereocenters. The lowest BCUT2D eigenvalue weighted by molar-refractivity contribution is 0.178. The van der Waals surface area contributed by atoms with Crippen LogP contribution in [0.5, 0.6) is 5.75 Å². The second-order valence-electron chi connectivity index (χ2n) is 4.04. The molecule has 0 amide bonds. The molecule has 0 saturated carbocycles. The molecule has 0 unspecified atom stereocenters. The van der Waals surface area contributed by atoms with Gasteiger partial charge in [-0.2, -0.15) is 0 Å². The van der Waals surface area contributed by atoms with Gasteiger partial charge in [-0.15, -0.1) is 0 Å². The van der Waals surface area contributed by atoms with Crippen LogP contribution < -0.4 is 4.74 Å². The predicted octanol–water partition coefficient (Wildman–Crippen LogP) is 2.93. The predicted molar refractivity (Wildman–Crippen MR) is 73.5 cm³/mol. The monoisotopic (exact) mass is 301 g/mol. The Labute approximate surface area is 112 Å². The smallest absolute Gasteiger partial charge is 0.123 e. The molecule has 0 aliphatic rings. The van der Waals surface area contributed by atoms with Crippen LogP contribution in [0.1, 0.15) is 12.0 Å². The zero-order valence-electron chi connectivity index (χ0n) is 10.7. The van der Waals surface area contributed by atoms with Crippen LogP contribution in [0.4, 0.5) is 0 Å². The molecule has 3 nitrogen and oxygen atoms in total. The van der Waals surface area contributed by atoms with E-state index < -0.39 is 0 Å². The summed E-state index contributed by atoms with van der Waals surface area (Å²) < 4.78 is 11.5. The van der Waals surface area contributed by atoms with Crippen molar-refractivity contribution in [1.82, 2.24) is 4.90 Å². The fraction of sp³-hybridized carbons (Fsp3) is 0.538. The molecule has 96 valence electrons. The van der Waals surface area contributed by atoms with E-state index in [0.29, 0.717) is 0 Å². The highest BCUT2D eigenvalue weighted by Gasteiger charge is 2.06. The maximum atomic E-state index is 5.35. The Morgan fingerprint density at radius 1 is 1.29 bits per heavy atom. The molecule has 1 aromatic rings. The minimum Gasteiger partial charge on any atom is -0.496 e. The molecule has 0 radical (unpaired) electrons. The third kappa shape index (κ3) is 5.06. The Bertz CT molecular complexity index is 344. The molecule has 0 aromatic heterocycles. The summed E-state index contributed by atoms with van der Waals surface area (Å²) in [6.45, 7) is 2.70. The second-order valence-corrected chi connectivity index (χ2v) is 4.96. The Balaban J connectivity index is 2.57. The Kier molecular flexibility index (Phi) is 6.55. The molecule has 0 heterocycles. The number of benzene rings is 1. The van der Waals surface area contributed by atoms with E-state index >= 15 is 0 Å². The first-order chi connectivity index (χ1) is 8.17. The standard InChI is InChI=1S/C13H20BrNO2/c1-15(7-4-8-16-2)10-11-9-12(14)5-6-13(11)17-3/h5-6,9H,4,7-8,10H2,1-3H3. The van der Waals surface area contributed by atoms with Crippen LogP contribution in [0.15, 0.2) is 22.7 Å². The number of hydrogen-bond donors (Lipinski definition) is 0. The first-order valence-electron chi connectivity index (χ1n) is 5.67. The lowest BCUT2D eigenvalue weighted by atomic mass is 10.2. The van der Waals surface area contributed by atoms with Crippen molar-refractivity contribution in [2.75, 3.05) is 34.4 Å². The average Bonchev–Trinajstić information content (AvgIpc) is 2.29. The Morgan fingerprint density at radius 2 is 2.06 bits per heavy atom. The van der Waals surface area contributed by atoms with Crippen LogP contribution >= 0.6 is 15.9 Å². The van der Waals surface area contributed by atoms with Gasteiger partial charge in [-0.25, -0.2) is 0 Å². The number of hydrogen-bond acceptors (Lipinski definition) is 3. The van der Waals surface area contributed by atoms with Crippen molar-refractivity contribution in [3.8, 4) is 5.75 Å². The molecule has 0 aliphatic heterocycles. The van der Waals surface area contributed by atoms with Crippen molar-refractivity contribution in [3.05, 3.63) is 28.2 Å². The van der Waals surface area contributed by atoms with Crippen LogP contribution in [0.2, 0.25) is 0 Å². The van der Waals surface area contributed by atoms with Crippen LogP contribution in [0.3, 0.4) is 0 Å². The normalized spacial score (nSPS) is 10.9. The van der Waals surface area contributed by atoms with E-state index in [1.165, 1.54) is 5.56 Å². The minimum atomic E-state index is 0.806. The molecule has 0 N–H and O–H groups in total. The molecule has 0 fully saturated rings. The third-order valence-electron chi connectivity index (χ3n) is 2.57. The van der Waals surface area contributed by atoms with Crippen molar-refractivity contribution in [2.45, 2.75) is 13.0 Å².